The average molecular weight is 388 g/mol. The lowest BCUT2D eigenvalue weighted by Gasteiger charge is -2.09. The molecule has 3 aromatic rings. The molecule has 0 aliphatic rings. The van der Waals surface area contributed by atoms with Crippen LogP contribution in [0.2, 0.25) is 0 Å². The summed E-state index contributed by atoms with van der Waals surface area (Å²) in [7, 11) is 0. The second-order valence-corrected chi connectivity index (χ2v) is 6.42. The van der Waals surface area contributed by atoms with Crippen LogP contribution in [0.5, 0.6) is 0 Å². The Balaban J connectivity index is 2.09. The predicted molar refractivity (Wildman–Crippen MR) is 108 cm³/mol. The van der Waals surface area contributed by atoms with Gasteiger partial charge in [-0.2, -0.15) is 5.26 Å². The number of nitro benzene ring substituents is 2. The van der Waals surface area contributed by atoms with Gasteiger partial charge in [0.2, 0.25) is 0 Å². The summed E-state index contributed by atoms with van der Waals surface area (Å²) in [6.45, 7) is 3.71. The molecule has 0 fully saturated rings. The summed E-state index contributed by atoms with van der Waals surface area (Å²) in [5, 5.41) is 31.7. The Hall–Kier alpha value is -4.25. The largest absolute Gasteiger partial charge is 0.318 e. The van der Waals surface area contributed by atoms with Gasteiger partial charge in [0.15, 0.2) is 0 Å². The Morgan fingerprint density at radius 1 is 1.00 bits per heavy atom. The number of nitriles is 1. The van der Waals surface area contributed by atoms with Crippen LogP contribution in [-0.2, 0) is 0 Å². The molecule has 0 radical (unpaired) electrons. The van der Waals surface area contributed by atoms with Crippen LogP contribution in [0.4, 0.5) is 11.4 Å². The van der Waals surface area contributed by atoms with Gasteiger partial charge in [-0.1, -0.05) is 18.2 Å². The van der Waals surface area contributed by atoms with Gasteiger partial charge in [0.1, 0.15) is 0 Å². The van der Waals surface area contributed by atoms with Crippen molar-refractivity contribution in [1.82, 2.24) is 4.57 Å². The number of hydrogen-bond acceptors (Lipinski definition) is 5. The summed E-state index contributed by atoms with van der Waals surface area (Å²) >= 11 is 0. The van der Waals surface area contributed by atoms with Crippen molar-refractivity contribution in [3.8, 4) is 11.8 Å². The van der Waals surface area contributed by atoms with Gasteiger partial charge in [0, 0.05) is 35.7 Å². The van der Waals surface area contributed by atoms with Crippen molar-refractivity contribution in [2.45, 2.75) is 13.8 Å². The van der Waals surface area contributed by atoms with E-state index in [0.717, 1.165) is 17.0 Å². The smallest absolute Gasteiger partial charge is 0.271 e. The van der Waals surface area contributed by atoms with E-state index in [2.05, 4.69) is 6.07 Å². The monoisotopic (exact) mass is 388 g/mol. The van der Waals surface area contributed by atoms with Gasteiger partial charge in [-0.3, -0.25) is 20.2 Å². The van der Waals surface area contributed by atoms with E-state index in [1.54, 1.807) is 24.3 Å². The van der Waals surface area contributed by atoms with E-state index >= 15 is 0 Å². The van der Waals surface area contributed by atoms with Crippen LogP contribution in [0.3, 0.4) is 0 Å². The zero-order valence-electron chi connectivity index (χ0n) is 15.7. The number of nitro groups is 2. The molecule has 0 amide bonds. The maximum Gasteiger partial charge on any atom is 0.271 e. The van der Waals surface area contributed by atoms with E-state index in [9.17, 15) is 25.5 Å². The molecule has 144 valence electrons. The van der Waals surface area contributed by atoms with E-state index in [0.29, 0.717) is 11.3 Å². The molecule has 8 heteroatoms. The highest BCUT2D eigenvalue weighted by molar-refractivity contribution is 5.90. The molecule has 1 heterocycles. The first-order valence-electron chi connectivity index (χ1n) is 8.62. The van der Waals surface area contributed by atoms with Crippen LogP contribution in [0.25, 0.3) is 17.3 Å². The fourth-order valence-electron chi connectivity index (χ4n) is 3.20. The van der Waals surface area contributed by atoms with Gasteiger partial charge in [0.25, 0.3) is 11.4 Å². The summed E-state index contributed by atoms with van der Waals surface area (Å²) in [4.78, 5) is 21.1. The van der Waals surface area contributed by atoms with E-state index in [1.807, 2.05) is 24.5 Å². The van der Waals surface area contributed by atoms with Crippen LogP contribution < -0.4 is 0 Å². The fraction of sp³-hybridized carbons (Fsp3) is 0.0952. The molecule has 3 rings (SSSR count). The number of rotatable bonds is 5. The zero-order chi connectivity index (χ0) is 21.1. The Bertz CT molecular complexity index is 1200. The fourth-order valence-corrected chi connectivity index (χ4v) is 3.20. The van der Waals surface area contributed by atoms with Crippen LogP contribution in [0, 0.1) is 45.4 Å². The topological polar surface area (TPSA) is 115 Å². The Morgan fingerprint density at radius 3 is 2.24 bits per heavy atom. The summed E-state index contributed by atoms with van der Waals surface area (Å²) in [5.74, 6) is 0. The molecule has 8 nitrogen and oxygen atoms in total. The summed E-state index contributed by atoms with van der Waals surface area (Å²) in [6.07, 6.45) is 1.66. The highest BCUT2D eigenvalue weighted by Gasteiger charge is 2.14. The molecule has 0 saturated heterocycles. The molecule has 0 atom stereocenters. The maximum atomic E-state index is 11.1. The normalized spacial score (nSPS) is 11.1. The summed E-state index contributed by atoms with van der Waals surface area (Å²) in [6, 6.07) is 16.2. The molecule has 0 aliphatic heterocycles. The van der Waals surface area contributed by atoms with Crippen LogP contribution in [0.15, 0.2) is 54.6 Å². The average Bonchev–Trinajstić information content (AvgIpc) is 2.99. The van der Waals surface area contributed by atoms with Crippen molar-refractivity contribution < 1.29 is 9.85 Å². The maximum absolute atomic E-state index is 11.1. The predicted octanol–water partition coefficient (Wildman–Crippen LogP) is 4.97. The van der Waals surface area contributed by atoms with E-state index < -0.39 is 9.85 Å². The minimum atomic E-state index is -0.507. The molecule has 0 N–H and O–H groups in total. The van der Waals surface area contributed by atoms with Crippen molar-refractivity contribution in [3.63, 3.8) is 0 Å². The van der Waals surface area contributed by atoms with E-state index in [-0.39, 0.29) is 16.9 Å². The molecule has 29 heavy (non-hydrogen) atoms. The van der Waals surface area contributed by atoms with Crippen LogP contribution in [-0.4, -0.2) is 14.4 Å². The highest BCUT2D eigenvalue weighted by Crippen LogP contribution is 2.27. The third kappa shape index (κ3) is 3.89. The molecular formula is C21H16N4O4. The first-order valence-corrected chi connectivity index (χ1v) is 8.62. The Kier molecular flexibility index (Phi) is 5.23. The van der Waals surface area contributed by atoms with Crippen LogP contribution >= 0.6 is 0 Å². The molecule has 0 bridgehead atoms. The lowest BCUT2D eigenvalue weighted by atomic mass is 10.0. The minimum Gasteiger partial charge on any atom is -0.318 e. The molecular weight excluding hydrogens is 372 g/mol. The number of allylic oxidation sites excluding steroid dienone is 1. The molecule has 1 aromatic heterocycles. The van der Waals surface area contributed by atoms with Gasteiger partial charge in [0.05, 0.1) is 27.2 Å². The minimum absolute atomic E-state index is 0.0126. The highest BCUT2D eigenvalue weighted by atomic mass is 16.6. The second-order valence-electron chi connectivity index (χ2n) is 6.42. The lowest BCUT2D eigenvalue weighted by Crippen LogP contribution is -2.00. The molecule has 0 aliphatic carbocycles. The molecule has 0 saturated carbocycles. The van der Waals surface area contributed by atoms with Gasteiger partial charge in [-0.15, -0.1) is 0 Å². The van der Waals surface area contributed by atoms with Gasteiger partial charge < -0.3 is 4.57 Å². The number of hydrogen-bond donors (Lipinski definition) is 0. The SMILES string of the molecule is Cc1cc(C=C(C#N)c2cccc([N+](=O)[O-])c2)c(C)n1-c1cccc([N+](=O)[O-])c1. The van der Waals surface area contributed by atoms with Gasteiger partial charge in [-0.25, -0.2) is 0 Å². The Labute approximate surface area is 166 Å². The number of aromatic nitrogens is 1. The van der Waals surface area contributed by atoms with Gasteiger partial charge >= 0.3 is 0 Å². The third-order valence-corrected chi connectivity index (χ3v) is 4.56. The van der Waals surface area contributed by atoms with Crippen molar-refractivity contribution in [2.24, 2.45) is 0 Å². The standard InChI is InChI=1S/C21H16N4O4/c1-14-9-17(10-18(13-22)16-5-3-7-20(11-16)24(26)27)15(2)23(14)19-6-4-8-21(12-19)25(28)29/h3-12H,1-2H3. The molecule has 0 spiro atoms. The quantitative estimate of drug-likeness (QED) is 0.347. The first-order chi connectivity index (χ1) is 13.8. The summed E-state index contributed by atoms with van der Waals surface area (Å²) < 4.78 is 1.86. The number of non-ortho nitro benzene ring substituents is 2. The van der Waals surface area contributed by atoms with Crippen molar-refractivity contribution in [3.05, 3.63) is 97.3 Å². The summed E-state index contributed by atoms with van der Waals surface area (Å²) in [5.41, 5.74) is 3.65. The van der Waals surface area contributed by atoms with E-state index in [1.165, 1.54) is 30.3 Å². The second kappa shape index (κ2) is 7.78. The number of benzene rings is 2. The molecule has 2 aromatic carbocycles. The third-order valence-electron chi connectivity index (χ3n) is 4.56. The number of nitrogens with zero attached hydrogens (tertiary/aromatic N) is 4. The van der Waals surface area contributed by atoms with Crippen molar-refractivity contribution in [1.29, 1.82) is 5.26 Å². The lowest BCUT2D eigenvalue weighted by molar-refractivity contribution is -0.385. The number of aryl methyl sites for hydroxylation is 1. The van der Waals surface area contributed by atoms with E-state index in [4.69, 9.17) is 0 Å². The first kappa shape index (κ1) is 19.5. The Morgan fingerprint density at radius 2 is 1.62 bits per heavy atom. The van der Waals surface area contributed by atoms with Crippen molar-refractivity contribution >= 4 is 23.0 Å². The zero-order valence-corrected chi connectivity index (χ0v) is 15.7. The van der Waals surface area contributed by atoms with Gasteiger partial charge in [-0.05, 0) is 43.2 Å². The van der Waals surface area contributed by atoms with Crippen molar-refractivity contribution in [2.75, 3.05) is 0 Å². The van der Waals surface area contributed by atoms with Crippen LogP contribution in [0.1, 0.15) is 22.5 Å². The molecule has 0 unspecified atom stereocenters.